The summed E-state index contributed by atoms with van der Waals surface area (Å²) in [6.07, 6.45) is 1.34. The Morgan fingerprint density at radius 3 is 2.18 bits per heavy atom. The highest BCUT2D eigenvalue weighted by Gasteiger charge is 2.42. The molecule has 3 aliphatic rings. The van der Waals surface area contributed by atoms with E-state index in [0.717, 1.165) is 12.8 Å². The fourth-order valence-electron chi connectivity index (χ4n) is 5.02. The number of amides is 1. The predicted octanol–water partition coefficient (Wildman–Crippen LogP) is 2.63. The van der Waals surface area contributed by atoms with Crippen LogP contribution in [0.5, 0.6) is 0 Å². The van der Waals surface area contributed by atoms with Gasteiger partial charge < -0.3 is 9.47 Å². The monoisotopic (exact) mass is 379 g/mol. The van der Waals surface area contributed by atoms with E-state index >= 15 is 0 Å². The maximum atomic E-state index is 13.0. The second-order valence-electron chi connectivity index (χ2n) is 7.89. The van der Waals surface area contributed by atoms with Gasteiger partial charge in [-0.2, -0.15) is 0 Å². The highest BCUT2D eigenvalue weighted by Crippen LogP contribution is 2.44. The number of hydrogen-bond acceptors (Lipinski definition) is 5. The van der Waals surface area contributed by atoms with Crippen LogP contribution in [0.15, 0.2) is 48.5 Å². The number of benzene rings is 2. The summed E-state index contributed by atoms with van der Waals surface area (Å²) in [7, 11) is 0. The summed E-state index contributed by atoms with van der Waals surface area (Å²) in [6.45, 7) is 1.43. The van der Waals surface area contributed by atoms with E-state index in [9.17, 15) is 4.79 Å². The highest BCUT2D eigenvalue weighted by atomic mass is 16.6. The number of piperidine rings is 1. The van der Waals surface area contributed by atoms with Crippen molar-refractivity contribution in [3.63, 3.8) is 0 Å². The largest absolute Gasteiger partial charge is 0.448 e. The van der Waals surface area contributed by atoms with E-state index in [4.69, 9.17) is 15.3 Å². The molecular weight excluding hydrogens is 354 g/mol. The third-order valence-corrected chi connectivity index (χ3v) is 6.30. The second kappa shape index (κ2) is 7.20. The zero-order valence-electron chi connectivity index (χ0n) is 15.7. The van der Waals surface area contributed by atoms with Gasteiger partial charge in [0.2, 0.25) is 0 Å². The molecule has 2 aromatic rings. The van der Waals surface area contributed by atoms with Crippen LogP contribution < -0.4 is 11.3 Å². The maximum Gasteiger partial charge on any atom is 0.410 e. The second-order valence-corrected chi connectivity index (χ2v) is 7.89. The quantitative estimate of drug-likeness (QED) is 0.633. The van der Waals surface area contributed by atoms with E-state index < -0.39 is 0 Å². The van der Waals surface area contributed by atoms with Gasteiger partial charge >= 0.3 is 6.09 Å². The molecular formula is C22H25N3O3. The molecule has 6 nitrogen and oxygen atoms in total. The Bertz CT molecular complexity index is 827. The molecule has 5 rings (SSSR count). The summed E-state index contributed by atoms with van der Waals surface area (Å²) < 4.78 is 11.5. The van der Waals surface area contributed by atoms with Crippen molar-refractivity contribution in [2.24, 2.45) is 5.84 Å². The van der Waals surface area contributed by atoms with E-state index in [1.165, 1.54) is 22.3 Å². The van der Waals surface area contributed by atoms with Crippen LogP contribution in [0.25, 0.3) is 11.1 Å². The number of ether oxygens (including phenoxy) is 2. The fraction of sp³-hybridized carbons (Fsp3) is 0.409. The van der Waals surface area contributed by atoms with Crippen molar-refractivity contribution < 1.29 is 14.3 Å². The molecule has 146 valence electrons. The molecule has 6 heteroatoms. The van der Waals surface area contributed by atoms with Crippen LogP contribution in [-0.4, -0.2) is 48.9 Å². The van der Waals surface area contributed by atoms with E-state index in [-0.39, 0.29) is 30.1 Å². The lowest BCUT2D eigenvalue weighted by Crippen LogP contribution is -2.62. The first-order valence-electron chi connectivity index (χ1n) is 9.93. The van der Waals surface area contributed by atoms with Gasteiger partial charge in [0.05, 0.1) is 25.3 Å². The lowest BCUT2D eigenvalue weighted by molar-refractivity contribution is -0.0726. The van der Waals surface area contributed by atoms with Gasteiger partial charge in [0.1, 0.15) is 6.61 Å². The van der Waals surface area contributed by atoms with Gasteiger partial charge in [-0.15, -0.1) is 0 Å². The summed E-state index contributed by atoms with van der Waals surface area (Å²) in [5, 5.41) is 0. The average Bonchev–Trinajstić information content (AvgIpc) is 3.05. The van der Waals surface area contributed by atoms with Crippen molar-refractivity contribution in [3.05, 3.63) is 59.7 Å². The smallest absolute Gasteiger partial charge is 0.410 e. The van der Waals surface area contributed by atoms with Crippen molar-refractivity contribution in [3.8, 4) is 11.1 Å². The molecule has 0 aromatic heterocycles. The van der Waals surface area contributed by atoms with Crippen LogP contribution in [0.4, 0.5) is 4.79 Å². The van der Waals surface area contributed by atoms with Gasteiger partial charge in [-0.1, -0.05) is 48.5 Å². The maximum absolute atomic E-state index is 13.0. The van der Waals surface area contributed by atoms with Crippen molar-refractivity contribution >= 4 is 6.09 Å². The Balaban J connectivity index is 1.33. The number of hydrogen-bond donors (Lipinski definition) is 2. The highest BCUT2D eigenvalue weighted by molar-refractivity contribution is 5.79. The van der Waals surface area contributed by atoms with Crippen LogP contribution in [0.3, 0.4) is 0 Å². The number of carbonyl (C=O) groups excluding carboxylic acids is 1. The lowest BCUT2D eigenvalue weighted by Gasteiger charge is -2.47. The zero-order chi connectivity index (χ0) is 19.1. The average molecular weight is 379 g/mol. The van der Waals surface area contributed by atoms with Crippen molar-refractivity contribution in [2.75, 3.05) is 19.8 Å². The number of nitrogens with zero attached hydrogens (tertiary/aromatic N) is 1. The number of nitrogens with two attached hydrogens (primary N) is 1. The number of fused-ring (bicyclic) bond motifs is 5. The Morgan fingerprint density at radius 2 is 1.61 bits per heavy atom. The Hall–Kier alpha value is -2.41. The standard InChI is InChI=1S/C22H25N3O3/c23-24-14-9-15-11-27-12-16(10-14)25(15)22(26)28-13-21-19-7-3-1-5-17(19)18-6-2-4-8-20(18)21/h1-8,14-16,21,24H,9-13,23H2. The molecule has 2 bridgehead atoms. The van der Waals surface area contributed by atoms with E-state index in [0.29, 0.717) is 19.8 Å². The van der Waals surface area contributed by atoms with Gasteiger partial charge in [0.25, 0.3) is 0 Å². The van der Waals surface area contributed by atoms with Gasteiger partial charge in [-0.05, 0) is 35.1 Å². The Labute approximate surface area is 164 Å². The number of rotatable bonds is 3. The first-order valence-corrected chi connectivity index (χ1v) is 9.93. The third kappa shape index (κ3) is 2.89. The van der Waals surface area contributed by atoms with Crippen molar-refractivity contribution in [1.29, 1.82) is 0 Å². The minimum absolute atomic E-state index is 0.0178. The first-order chi connectivity index (χ1) is 13.8. The van der Waals surface area contributed by atoms with Gasteiger partial charge in [-0.3, -0.25) is 16.2 Å². The summed E-state index contributed by atoms with van der Waals surface area (Å²) in [5.74, 6) is 5.71. The molecule has 2 aliphatic heterocycles. The molecule has 2 saturated heterocycles. The molecule has 0 saturated carbocycles. The van der Waals surface area contributed by atoms with Crippen molar-refractivity contribution in [2.45, 2.75) is 36.9 Å². The van der Waals surface area contributed by atoms with Crippen LogP contribution in [0.1, 0.15) is 29.9 Å². The lowest BCUT2D eigenvalue weighted by atomic mass is 9.91. The summed E-state index contributed by atoms with van der Waals surface area (Å²) >= 11 is 0. The summed E-state index contributed by atoms with van der Waals surface area (Å²) in [4.78, 5) is 14.9. The molecule has 28 heavy (non-hydrogen) atoms. The number of hydrazine groups is 1. The molecule has 1 amide bonds. The minimum atomic E-state index is -0.240. The number of morpholine rings is 1. The molecule has 2 heterocycles. The van der Waals surface area contributed by atoms with Crippen LogP contribution in [0, 0.1) is 0 Å². The molecule has 0 radical (unpaired) electrons. The van der Waals surface area contributed by atoms with E-state index in [1.807, 2.05) is 17.0 Å². The van der Waals surface area contributed by atoms with Crippen LogP contribution in [-0.2, 0) is 9.47 Å². The SMILES string of the molecule is NNC1CC2COCC(C1)N2C(=O)OCC1c2ccccc2-c2ccccc21. The van der Waals surface area contributed by atoms with Crippen LogP contribution >= 0.6 is 0 Å². The van der Waals surface area contributed by atoms with E-state index in [1.54, 1.807) is 0 Å². The number of nitrogens with one attached hydrogen (secondary N) is 1. The molecule has 2 unspecified atom stereocenters. The molecule has 2 atom stereocenters. The number of carbonyl (C=O) groups is 1. The summed E-state index contributed by atoms with van der Waals surface area (Å²) in [5.41, 5.74) is 7.78. The van der Waals surface area contributed by atoms with E-state index in [2.05, 4.69) is 41.8 Å². The summed E-state index contributed by atoms with van der Waals surface area (Å²) in [6, 6.07) is 17.0. The zero-order valence-corrected chi connectivity index (χ0v) is 15.7. The molecule has 2 fully saturated rings. The van der Waals surface area contributed by atoms with Gasteiger partial charge in [0.15, 0.2) is 0 Å². The molecule has 3 N–H and O–H groups in total. The van der Waals surface area contributed by atoms with Gasteiger partial charge in [-0.25, -0.2) is 4.79 Å². The van der Waals surface area contributed by atoms with Gasteiger partial charge in [0, 0.05) is 12.0 Å². The Kier molecular flexibility index (Phi) is 4.55. The fourth-order valence-corrected chi connectivity index (χ4v) is 5.02. The minimum Gasteiger partial charge on any atom is -0.448 e. The van der Waals surface area contributed by atoms with Crippen LogP contribution in [0.2, 0.25) is 0 Å². The molecule has 1 aliphatic carbocycles. The topological polar surface area (TPSA) is 76.8 Å². The third-order valence-electron chi connectivity index (χ3n) is 6.30. The normalized spacial score (nSPS) is 25.9. The molecule has 2 aromatic carbocycles. The Morgan fingerprint density at radius 1 is 1.04 bits per heavy atom. The van der Waals surface area contributed by atoms with Crippen molar-refractivity contribution in [1.82, 2.24) is 10.3 Å². The molecule has 0 spiro atoms. The first kappa shape index (κ1) is 17.7. The predicted molar refractivity (Wildman–Crippen MR) is 106 cm³/mol.